The molecule has 0 unspecified atom stereocenters. The number of halogens is 1. The molecule has 1 aliphatic rings. The molecular formula is C22H24FNO4. The van der Waals surface area contributed by atoms with Gasteiger partial charge < -0.3 is 14.8 Å². The Labute approximate surface area is 163 Å². The minimum atomic E-state index is -1.78. The summed E-state index contributed by atoms with van der Waals surface area (Å²) >= 11 is 0. The standard InChI is InChI=1S/C22H24FNO4/c1-13(2)27-20(25)22(21(26)28-14(3)4)17-11-10-16(23)12-18(17)24-19(22)15-8-6-5-7-9-15/h5-14,19,24H,1-4H3/t19-/m1/s1. The van der Waals surface area contributed by atoms with Gasteiger partial charge in [-0.3, -0.25) is 9.59 Å². The van der Waals surface area contributed by atoms with E-state index in [-0.39, 0.29) is 0 Å². The maximum absolute atomic E-state index is 13.9. The topological polar surface area (TPSA) is 64.6 Å². The van der Waals surface area contributed by atoms with Crippen LogP contribution in [0.5, 0.6) is 0 Å². The summed E-state index contributed by atoms with van der Waals surface area (Å²) in [4.78, 5) is 26.8. The van der Waals surface area contributed by atoms with Gasteiger partial charge >= 0.3 is 11.9 Å². The van der Waals surface area contributed by atoms with Crippen molar-refractivity contribution in [1.29, 1.82) is 0 Å². The predicted molar refractivity (Wildman–Crippen MR) is 103 cm³/mol. The molecule has 0 amide bonds. The summed E-state index contributed by atoms with van der Waals surface area (Å²) in [5, 5.41) is 3.15. The molecule has 1 atom stereocenters. The number of benzene rings is 2. The fraction of sp³-hybridized carbons (Fsp3) is 0.364. The van der Waals surface area contributed by atoms with E-state index in [1.54, 1.807) is 39.8 Å². The summed E-state index contributed by atoms with van der Waals surface area (Å²) in [6.07, 6.45) is -0.866. The van der Waals surface area contributed by atoms with Gasteiger partial charge in [0, 0.05) is 11.3 Å². The van der Waals surface area contributed by atoms with Gasteiger partial charge in [0.15, 0.2) is 0 Å². The number of esters is 2. The molecule has 0 radical (unpaired) electrons. The number of carbonyl (C=O) groups excluding carboxylic acids is 2. The largest absolute Gasteiger partial charge is 0.462 e. The Balaban J connectivity index is 2.26. The van der Waals surface area contributed by atoms with E-state index in [1.807, 2.05) is 18.2 Å². The molecule has 0 spiro atoms. The second kappa shape index (κ2) is 7.62. The highest BCUT2D eigenvalue weighted by Gasteiger charge is 2.62. The monoisotopic (exact) mass is 385 g/mol. The van der Waals surface area contributed by atoms with Crippen LogP contribution >= 0.6 is 0 Å². The lowest BCUT2D eigenvalue weighted by molar-refractivity contribution is -0.170. The Hall–Kier alpha value is -2.89. The van der Waals surface area contributed by atoms with Gasteiger partial charge in [0.2, 0.25) is 5.41 Å². The first kappa shape index (κ1) is 19.9. The molecule has 5 nitrogen and oxygen atoms in total. The molecule has 0 bridgehead atoms. The van der Waals surface area contributed by atoms with Gasteiger partial charge in [-0.05, 0) is 45.4 Å². The van der Waals surface area contributed by atoms with E-state index in [4.69, 9.17) is 9.47 Å². The lowest BCUT2D eigenvalue weighted by Crippen LogP contribution is -2.50. The Kier molecular flexibility index (Phi) is 5.40. The van der Waals surface area contributed by atoms with Crippen molar-refractivity contribution in [3.63, 3.8) is 0 Å². The summed E-state index contributed by atoms with van der Waals surface area (Å²) in [5.41, 5.74) is -0.367. The SMILES string of the molecule is CC(C)OC(=O)C1(C(=O)OC(C)C)c2ccc(F)cc2N[C@@H]1c1ccccc1. The lowest BCUT2D eigenvalue weighted by Gasteiger charge is -2.33. The highest BCUT2D eigenvalue weighted by molar-refractivity contribution is 6.11. The van der Waals surface area contributed by atoms with Crippen molar-refractivity contribution in [3.05, 3.63) is 65.5 Å². The van der Waals surface area contributed by atoms with Crippen LogP contribution in [0.3, 0.4) is 0 Å². The normalized spacial score (nSPS) is 17.2. The molecule has 0 saturated carbocycles. The van der Waals surface area contributed by atoms with E-state index < -0.39 is 41.4 Å². The summed E-state index contributed by atoms with van der Waals surface area (Å²) in [6.45, 7) is 6.85. The quantitative estimate of drug-likeness (QED) is 0.619. The van der Waals surface area contributed by atoms with Crippen LogP contribution in [0.2, 0.25) is 0 Å². The van der Waals surface area contributed by atoms with E-state index in [2.05, 4.69) is 5.32 Å². The predicted octanol–water partition coefficient (Wildman–Crippen LogP) is 4.13. The van der Waals surface area contributed by atoms with E-state index in [9.17, 15) is 14.0 Å². The number of ether oxygens (including phenoxy) is 2. The molecule has 2 aromatic carbocycles. The molecule has 148 valence electrons. The van der Waals surface area contributed by atoms with Crippen molar-refractivity contribution in [2.75, 3.05) is 5.32 Å². The number of anilines is 1. The third-order valence-corrected chi connectivity index (χ3v) is 4.60. The third-order valence-electron chi connectivity index (χ3n) is 4.60. The molecule has 0 aromatic heterocycles. The second-order valence-electron chi connectivity index (χ2n) is 7.39. The van der Waals surface area contributed by atoms with Crippen LogP contribution in [-0.4, -0.2) is 24.1 Å². The Morgan fingerprint density at radius 1 is 0.964 bits per heavy atom. The minimum Gasteiger partial charge on any atom is -0.462 e. The maximum Gasteiger partial charge on any atom is 0.330 e. The molecule has 28 heavy (non-hydrogen) atoms. The molecule has 0 fully saturated rings. The summed E-state index contributed by atoms with van der Waals surface area (Å²) in [5.74, 6) is -1.91. The smallest absolute Gasteiger partial charge is 0.330 e. The van der Waals surface area contributed by atoms with Crippen LogP contribution < -0.4 is 5.32 Å². The van der Waals surface area contributed by atoms with Crippen LogP contribution in [0.25, 0.3) is 0 Å². The zero-order valence-electron chi connectivity index (χ0n) is 16.4. The summed E-state index contributed by atoms with van der Waals surface area (Å²) < 4.78 is 24.9. The van der Waals surface area contributed by atoms with Crippen molar-refractivity contribution in [3.8, 4) is 0 Å². The van der Waals surface area contributed by atoms with Gasteiger partial charge in [0.1, 0.15) is 5.82 Å². The van der Waals surface area contributed by atoms with Gasteiger partial charge in [0.05, 0.1) is 18.2 Å². The average molecular weight is 385 g/mol. The Morgan fingerprint density at radius 2 is 1.54 bits per heavy atom. The number of fused-ring (bicyclic) bond motifs is 1. The van der Waals surface area contributed by atoms with Gasteiger partial charge in [-0.2, -0.15) is 0 Å². The molecular weight excluding hydrogens is 361 g/mol. The van der Waals surface area contributed by atoms with Crippen LogP contribution in [0, 0.1) is 5.82 Å². The zero-order chi connectivity index (χ0) is 20.5. The first-order chi connectivity index (χ1) is 13.3. The minimum absolute atomic E-state index is 0.346. The Bertz CT molecular complexity index is 857. The maximum atomic E-state index is 13.9. The molecule has 0 saturated heterocycles. The number of hydrogen-bond acceptors (Lipinski definition) is 5. The van der Waals surface area contributed by atoms with Crippen LogP contribution in [0.4, 0.5) is 10.1 Å². The van der Waals surface area contributed by atoms with E-state index in [1.165, 1.54) is 18.2 Å². The van der Waals surface area contributed by atoms with Crippen LogP contribution in [0.15, 0.2) is 48.5 Å². The Morgan fingerprint density at radius 3 is 2.07 bits per heavy atom. The van der Waals surface area contributed by atoms with Crippen molar-refractivity contribution < 1.29 is 23.5 Å². The summed E-state index contributed by atoms with van der Waals surface area (Å²) in [7, 11) is 0. The van der Waals surface area contributed by atoms with Gasteiger partial charge in [0.25, 0.3) is 0 Å². The van der Waals surface area contributed by atoms with Crippen molar-refractivity contribution in [2.45, 2.75) is 51.4 Å². The van der Waals surface area contributed by atoms with Crippen LogP contribution in [0.1, 0.15) is 44.9 Å². The number of hydrogen-bond donors (Lipinski definition) is 1. The molecule has 0 aliphatic carbocycles. The van der Waals surface area contributed by atoms with Gasteiger partial charge in [-0.25, -0.2) is 4.39 Å². The number of rotatable bonds is 5. The van der Waals surface area contributed by atoms with E-state index in [0.29, 0.717) is 16.8 Å². The fourth-order valence-electron chi connectivity index (χ4n) is 3.53. The fourth-order valence-corrected chi connectivity index (χ4v) is 3.53. The van der Waals surface area contributed by atoms with E-state index >= 15 is 0 Å². The average Bonchev–Trinajstić information content (AvgIpc) is 2.96. The van der Waals surface area contributed by atoms with Gasteiger partial charge in [-0.1, -0.05) is 36.4 Å². The summed E-state index contributed by atoms with van der Waals surface area (Å²) in [6, 6.07) is 12.2. The highest BCUT2D eigenvalue weighted by atomic mass is 19.1. The van der Waals surface area contributed by atoms with Crippen molar-refractivity contribution >= 4 is 17.6 Å². The molecule has 2 aromatic rings. The highest BCUT2D eigenvalue weighted by Crippen LogP contribution is 2.51. The van der Waals surface area contributed by atoms with Gasteiger partial charge in [-0.15, -0.1) is 0 Å². The van der Waals surface area contributed by atoms with E-state index in [0.717, 1.165) is 0 Å². The molecule has 3 rings (SSSR count). The van der Waals surface area contributed by atoms with Crippen LogP contribution in [-0.2, 0) is 24.5 Å². The molecule has 1 N–H and O–H groups in total. The molecule has 1 aliphatic heterocycles. The number of carbonyl (C=O) groups is 2. The lowest BCUT2D eigenvalue weighted by atomic mass is 9.74. The third kappa shape index (κ3) is 3.35. The molecule has 1 heterocycles. The van der Waals surface area contributed by atoms with Crippen molar-refractivity contribution in [1.82, 2.24) is 0 Å². The first-order valence-electron chi connectivity index (χ1n) is 9.30. The van der Waals surface area contributed by atoms with Crippen molar-refractivity contribution in [2.24, 2.45) is 0 Å². The zero-order valence-corrected chi connectivity index (χ0v) is 16.4. The number of nitrogens with one attached hydrogen (secondary N) is 1. The first-order valence-corrected chi connectivity index (χ1v) is 9.30. The second-order valence-corrected chi connectivity index (χ2v) is 7.39. The molecule has 6 heteroatoms.